The second kappa shape index (κ2) is 4.57. The van der Waals surface area contributed by atoms with Crippen molar-refractivity contribution in [3.05, 3.63) is 42.4 Å². The molecule has 0 aromatic carbocycles. The van der Waals surface area contributed by atoms with E-state index in [4.69, 9.17) is 0 Å². The Morgan fingerprint density at radius 2 is 2.38 bits per heavy atom. The van der Waals surface area contributed by atoms with Crippen molar-refractivity contribution >= 4 is 11.7 Å². The van der Waals surface area contributed by atoms with Gasteiger partial charge >= 0.3 is 0 Å². The van der Waals surface area contributed by atoms with Gasteiger partial charge in [-0.25, -0.2) is 4.98 Å². The van der Waals surface area contributed by atoms with E-state index in [2.05, 4.69) is 15.4 Å². The minimum atomic E-state index is -0.139. The molecule has 1 amide bonds. The van der Waals surface area contributed by atoms with E-state index < -0.39 is 0 Å². The molecule has 2 rings (SSSR count). The van der Waals surface area contributed by atoms with Gasteiger partial charge in [0.25, 0.3) is 0 Å². The molecule has 16 heavy (non-hydrogen) atoms. The fraction of sp³-hybridized carbons (Fsp3) is 0.182. The summed E-state index contributed by atoms with van der Waals surface area (Å²) in [6, 6.07) is 5.45. The molecule has 2 aromatic heterocycles. The molecule has 0 atom stereocenters. The molecule has 0 saturated heterocycles. The van der Waals surface area contributed by atoms with E-state index in [1.54, 1.807) is 35.4 Å². The molecule has 82 valence electrons. The summed E-state index contributed by atoms with van der Waals surface area (Å²) in [6.45, 7) is 2.14. The van der Waals surface area contributed by atoms with Crippen molar-refractivity contribution in [3.8, 4) is 0 Å². The van der Waals surface area contributed by atoms with Crippen LogP contribution in [-0.4, -0.2) is 20.7 Å². The van der Waals surface area contributed by atoms with Gasteiger partial charge in [-0.15, -0.1) is 0 Å². The largest absolute Gasteiger partial charge is 0.309 e. The second-order valence-corrected chi connectivity index (χ2v) is 3.47. The van der Waals surface area contributed by atoms with Crippen molar-refractivity contribution in [2.45, 2.75) is 13.5 Å². The monoisotopic (exact) mass is 216 g/mol. The average Bonchev–Trinajstić information content (AvgIpc) is 2.74. The number of nitrogens with zero attached hydrogens (tertiary/aromatic N) is 3. The third-order valence-corrected chi connectivity index (χ3v) is 2.04. The average molecular weight is 216 g/mol. The third kappa shape index (κ3) is 2.66. The van der Waals surface area contributed by atoms with Gasteiger partial charge in [0.05, 0.1) is 0 Å². The summed E-state index contributed by atoms with van der Waals surface area (Å²) >= 11 is 0. The van der Waals surface area contributed by atoms with Gasteiger partial charge < -0.3 is 5.32 Å². The van der Waals surface area contributed by atoms with Crippen molar-refractivity contribution < 1.29 is 4.79 Å². The lowest BCUT2D eigenvalue weighted by molar-refractivity contribution is -0.116. The normalized spacial score (nSPS) is 10.1. The number of nitrogens with one attached hydrogen (secondary N) is 1. The maximum atomic E-state index is 11.6. The van der Waals surface area contributed by atoms with Crippen LogP contribution in [0, 0.1) is 6.92 Å². The van der Waals surface area contributed by atoms with Crippen LogP contribution in [0.2, 0.25) is 0 Å². The van der Waals surface area contributed by atoms with E-state index >= 15 is 0 Å². The van der Waals surface area contributed by atoms with E-state index in [9.17, 15) is 4.79 Å². The lowest BCUT2D eigenvalue weighted by Crippen LogP contribution is -2.19. The van der Waals surface area contributed by atoms with Crippen molar-refractivity contribution in [1.29, 1.82) is 0 Å². The Hall–Kier alpha value is -2.17. The number of aromatic nitrogens is 3. The number of carbonyl (C=O) groups excluding carboxylic acids is 1. The van der Waals surface area contributed by atoms with Crippen LogP contribution in [-0.2, 0) is 11.3 Å². The fourth-order valence-corrected chi connectivity index (χ4v) is 1.27. The number of aryl methyl sites for hydroxylation is 1. The molecule has 0 spiro atoms. The number of pyridine rings is 1. The van der Waals surface area contributed by atoms with Crippen molar-refractivity contribution in [2.24, 2.45) is 0 Å². The van der Waals surface area contributed by atoms with Gasteiger partial charge in [-0.05, 0) is 24.6 Å². The Morgan fingerprint density at radius 1 is 1.50 bits per heavy atom. The lowest BCUT2D eigenvalue weighted by Gasteiger charge is -2.04. The van der Waals surface area contributed by atoms with Gasteiger partial charge in [-0.1, -0.05) is 6.07 Å². The Kier molecular flexibility index (Phi) is 2.95. The summed E-state index contributed by atoms with van der Waals surface area (Å²) in [7, 11) is 0. The number of hydrogen-bond donors (Lipinski definition) is 1. The van der Waals surface area contributed by atoms with E-state index in [0.29, 0.717) is 5.82 Å². The van der Waals surface area contributed by atoms with Crippen LogP contribution >= 0.6 is 0 Å². The first-order chi connectivity index (χ1) is 7.74. The first kappa shape index (κ1) is 10.4. The predicted octanol–water partition coefficient (Wildman–Crippen LogP) is 1.23. The zero-order valence-electron chi connectivity index (χ0n) is 8.92. The molecule has 0 saturated carbocycles. The highest BCUT2D eigenvalue weighted by molar-refractivity contribution is 5.89. The van der Waals surface area contributed by atoms with Gasteiger partial charge in [-0.3, -0.25) is 9.48 Å². The summed E-state index contributed by atoms with van der Waals surface area (Å²) in [5.74, 6) is 0.419. The maximum absolute atomic E-state index is 11.6. The van der Waals surface area contributed by atoms with E-state index in [-0.39, 0.29) is 12.5 Å². The highest BCUT2D eigenvalue weighted by Gasteiger charge is 2.03. The number of rotatable bonds is 3. The first-order valence-electron chi connectivity index (χ1n) is 4.94. The zero-order chi connectivity index (χ0) is 11.4. The van der Waals surface area contributed by atoms with Crippen LogP contribution in [0.5, 0.6) is 0 Å². The smallest absolute Gasteiger partial charge is 0.247 e. The van der Waals surface area contributed by atoms with Crippen molar-refractivity contribution in [2.75, 3.05) is 5.32 Å². The van der Waals surface area contributed by atoms with Crippen LogP contribution in [0.4, 0.5) is 5.82 Å². The molecule has 1 N–H and O–H groups in total. The molecule has 0 aliphatic heterocycles. The van der Waals surface area contributed by atoms with E-state index in [0.717, 1.165) is 5.56 Å². The number of anilines is 1. The van der Waals surface area contributed by atoms with E-state index in [1.807, 2.05) is 13.0 Å². The third-order valence-electron chi connectivity index (χ3n) is 2.04. The van der Waals surface area contributed by atoms with Crippen molar-refractivity contribution in [1.82, 2.24) is 14.8 Å². The molecule has 0 aliphatic carbocycles. The summed E-state index contributed by atoms with van der Waals surface area (Å²) in [5.41, 5.74) is 1.06. The molecule has 5 heteroatoms. The summed E-state index contributed by atoms with van der Waals surface area (Å²) in [4.78, 5) is 15.6. The minimum absolute atomic E-state index is 0.139. The van der Waals surface area contributed by atoms with Gasteiger partial charge in [0.1, 0.15) is 12.4 Å². The molecule has 0 bridgehead atoms. The molecule has 0 unspecified atom stereocenters. The van der Waals surface area contributed by atoms with Gasteiger partial charge in [0.2, 0.25) is 5.91 Å². The number of hydrogen-bond acceptors (Lipinski definition) is 3. The molecular formula is C11H12N4O. The summed E-state index contributed by atoms with van der Waals surface area (Å²) in [5, 5.41) is 6.64. The first-order valence-corrected chi connectivity index (χ1v) is 4.94. The molecule has 0 radical (unpaired) electrons. The molecule has 5 nitrogen and oxygen atoms in total. The minimum Gasteiger partial charge on any atom is -0.309 e. The maximum Gasteiger partial charge on any atom is 0.247 e. The second-order valence-electron chi connectivity index (χ2n) is 3.47. The Labute approximate surface area is 93.1 Å². The predicted molar refractivity (Wildman–Crippen MR) is 59.8 cm³/mol. The zero-order valence-corrected chi connectivity index (χ0v) is 8.92. The molecule has 2 heterocycles. The SMILES string of the molecule is Cc1ccc(NC(=O)Cn2cccn2)nc1. The lowest BCUT2D eigenvalue weighted by atomic mass is 10.3. The Morgan fingerprint density at radius 3 is 3.00 bits per heavy atom. The van der Waals surface area contributed by atoms with Gasteiger partial charge in [0.15, 0.2) is 0 Å². The fourth-order valence-electron chi connectivity index (χ4n) is 1.27. The number of amides is 1. The topological polar surface area (TPSA) is 59.8 Å². The summed E-state index contributed by atoms with van der Waals surface area (Å²) in [6.07, 6.45) is 5.09. The quantitative estimate of drug-likeness (QED) is 0.839. The van der Waals surface area contributed by atoms with Gasteiger partial charge in [-0.2, -0.15) is 5.10 Å². The van der Waals surface area contributed by atoms with Crippen LogP contribution in [0.15, 0.2) is 36.8 Å². The van der Waals surface area contributed by atoms with E-state index in [1.165, 1.54) is 0 Å². The van der Waals surface area contributed by atoms with Crippen LogP contribution in [0.1, 0.15) is 5.56 Å². The van der Waals surface area contributed by atoms with Crippen molar-refractivity contribution in [3.63, 3.8) is 0 Å². The summed E-state index contributed by atoms with van der Waals surface area (Å²) < 4.78 is 1.56. The molecule has 0 fully saturated rings. The highest BCUT2D eigenvalue weighted by Crippen LogP contribution is 2.03. The highest BCUT2D eigenvalue weighted by atomic mass is 16.2. The Balaban J connectivity index is 1.95. The van der Waals surface area contributed by atoms with Gasteiger partial charge in [0, 0.05) is 18.6 Å². The molecular weight excluding hydrogens is 204 g/mol. The Bertz CT molecular complexity index is 461. The molecule has 2 aromatic rings. The van der Waals surface area contributed by atoms with Crippen LogP contribution in [0.25, 0.3) is 0 Å². The molecule has 0 aliphatic rings. The van der Waals surface area contributed by atoms with Crippen LogP contribution in [0.3, 0.4) is 0 Å². The van der Waals surface area contributed by atoms with Crippen LogP contribution < -0.4 is 5.32 Å². The standard InChI is InChI=1S/C11H12N4O/c1-9-3-4-10(12-7-9)14-11(16)8-15-6-2-5-13-15/h2-7H,8H2,1H3,(H,12,14,16). The number of carbonyl (C=O) groups is 1.